The van der Waals surface area contributed by atoms with Crippen molar-refractivity contribution in [3.63, 3.8) is 0 Å². The first kappa shape index (κ1) is 20.6. The zero-order valence-corrected chi connectivity index (χ0v) is 16.4. The van der Waals surface area contributed by atoms with E-state index in [1.807, 2.05) is 6.92 Å². The zero-order valence-electron chi connectivity index (χ0n) is 14.8. The number of benzene rings is 2. The van der Waals surface area contributed by atoms with Gasteiger partial charge in [-0.2, -0.15) is 16.8 Å². The number of hydrogen-bond donors (Lipinski definition) is 2. The van der Waals surface area contributed by atoms with Gasteiger partial charge in [-0.05, 0) is 55.9 Å². The van der Waals surface area contributed by atoms with Crippen molar-refractivity contribution in [2.45, 2.75) is 49.3 Å². The number of hydrogen-bond acceptors (Lipinski definition) is 4. The van der Waals surface area contributed by atoms with Gasteiger partial charge in [0.2, 0.25) is 0 Å². The molecule has 0 unspecified atom stereocenters. The lowest BCUT2D eigenvalue weighted by molar-refractivity contribution is 0.476. The SMILES string of the molecule is CC[C@@H](Cc1cc(C)ccc1S(=O)(=O)O)c1cc(C)ccc1S(=O)(=O)O. The van der Waals surface area contributed by atoms with Crippen LogP contribution >= 0.6 is 0 Å². The summed E-state index contributed by atoms with van der Waals surface area (Å²) in [7, 11) is -8.81. The Labute approximate surface area is 154 Å². The summed E-state index contributed by atoms with van der Waals surface area (Å²) in [5, 5.41) is 0. The monoisotopic (exact) mass is 398 g/mol. The molecule has 2 aromatic carbocycles. The van der Waals surface area contributed by atoms with Crippen LogP contribution < -0.4 is 0 Å². The van der Waals surface area contributed by atoms with Gasteiger partial charge in [0, 0.05) is 0 Å². The molecule has 142 valence electrons. The summed E-state index contributed by atoms with van der Waals surface area (Å²) in [5.74, 6) is -0.353. The van der Waals surface area contributed by atoms with Gasteiger partial charge in [0.25, 0.3) is 20.2 Å². The van der Waals surface area contributed by atoms with Crippen LogP contribution in [-0.2, 0) is 26.7 Å². The standard InChI is InChI=1S/C18H22O6S2/c1-4-14(16-10-13(3)6-8-18(16)26(22,23)24)11-15-9-12(2)5-7-17(15)25(19,20)21/h5-10,14H,4,11H2,1-3H3,(H,19,20,21)(H,22,23,24)/t14-/m0/s1. The van der Waals surface area contributed by atoms with E-state index in [1.54, 1.807) is 38.1 Å². The minimum absolute atomic E-state index is 0.184. The summed E-state index contributed by atoms with van der Waals surface area (Å²) >= 11 is 0. The highest BCUT2D eigenvalue weighted by molar-refractivity contribution is 7.86. The van der Waals surface area contributed by atoms with Gasteiger partial charge < -0.3 is 0 Å². The van der Waals surface area contributed by atoms with Crippen LogP contribution in [0.1, 0.15) is 41.5 Å². The van der Waals surface area contributed by atoms with Crippen LogP contribution in [0.4, 0.5) is 0 Å². The molecule has 0 radical (unpaired) electrons. The molecule has 0 aliphatic carbocycles. The Balaban J connectivity index is 2.60. The molecule has 0 spiro atoms. The van der Waals surface area contributed by atoms with E-state index >= 15 is 0 Å². The maximum atomic E-state index is 11.7. The highest BCUT2D eigenvalue weighted by Gasteiger charge is 2.24. The minimum Gasteiger partial charge on any atom is -0.282 e. The van der Waals surface area contributed by atoms with Crippen LogP contribution in [-0.4, -0.2) is 25.9 Å². The van der Waals surface area contributed by atoms with Crippen LogP contribution in [0.25, 0.3) is 0 Å². The molecule has 2 aromatic rings. The Morgan fingerprint density at radius 2 is 1.35 bits per heavy atom. The van der Waals surface area contributed by atoms with Crippen LogP contribution in [0, 0.1) is 13.8 Å². The molecule has 6 nitrogen and oxygen atoms in total. The summed E-state index contributed by atoms with van der Waals surface area (Å²) in [4.78, 5) is -0.376. The van der Waals surface area contributed by atoms with Crippen LogP contribution in [0.5, 0.6) is 0 Å². The Kier molecular flexibility index (Phi) is 5.92. The molecule has 26 heavy (non-hydrogen) atoms. The maximum Gasteiger partial charge on any atom is 0.294 e. The fourth-order valence-corrected chi connectivity index (χ4v) is 4.56. The lowest BCUT2D eigenvalue weighted by Gasteiger charge is -2.20. The average molecular weight is 399 g/mol. The van der Waals surface area contributed by atoms with Crippen LogP contribution in [0.15, 0.2) is 46.2 Å². The second-order valence-corrected chi connectivity index (χ2v) is 9.19. The lowest BCUT2D eigenvalue weighted by Crippen LogP contribution is -2.12. The third-order valence-electron chi connectivity index (χ3n) is 4.34. The quantitative estimate of drug-likeness (QED) is 0.721. The van der Waals surface area contributed by atoms with Gasteiger partial charge in [-0.25, -0.2) is 0 Å². The molecule has 0 amide bonds. The minimum atomic E-state index is -4.41. The summed E-state index contributed by atoms with van der Waals surface area (Å²) in [6.07, 6.45) is 0.726. The molecule has 0 aliphatic heterocycles. The Hall–Kier alpha value is -1.74. The first-order chi connectivity index (χ1) is 11.9. The normalized spacial score (nSPS) is 13.6. The van der Waals surface area contributed by atoms with Crippen molar-refractivity contribution in [2.24, 2.45) is 0 Å². The fraction of sp³-hybridized carbons (Fsp3) is 0.333. The topological polar surface area (TPSA) is 109 Å². The Morgan fingerprint density at radius 1 is 0.846 bits per heavy atom. The molecule has 0 saturated carbocycles. The van der Waals surface area contributed by atoms with Gasteiger partial charge in [-0.1, -0.05) is 42.3 Å². The smallest absolute Gasteiger partial charge is 0.282 e. The average Bonchev–Trinajstić information content (AvgIpc) is 2.50. The molecule has 8 heteroatoms. The van der Waals surface area contributed by atoms with Crippen LogP contribution in [0.2, 0.25) is 0 Å². The van der Waals surface area contributed by atoms with Crippen molar-refractivity contribution >= 4 is 20.2 Å². The molecule has 0 bridgehead atoms. The van der Waals surface area contributed by atoms with E-state index in [1.165, 1.54) is 12.1 Å². The van der Waals surface area contributed by atoms with E-state index in [0.29, 0.717) is 17.5 Å². The lowest BCUT2D eigenvalue weighted by atomic mass is 9.88. The molecular formula is C18H22O6S2. The molecule has 0 saturated heterocycles. The van der Waals surface area contributed by atoms with Crippen molar-refractivity contribution in [3.05, 3.63) is 58.7 Å². The molecule has 0 aliphatic rings. The van der Waals surface area contributed by atoms with Gasteiger partial charge in [-0.3, -0.25) is 9.11 Å². The van der Waals surface area contributed by atoms with Gasteiger partial charge in [-0.15, -0.1) is 0 Å². The van der Waals surface area contributed by atoms with E-state index < -0.39 is 20.2 Å². The van der Waals surface area contributed by atoms with Crippen molar-refractivity contribution < 1.29 is 25.9 Å². The first-order valence-electron chi connectivity index (χ1n) is 8.08. The van der Waals surface area contributed by atoms with Gasteiger partial charge >= 0.3 is 0 Å². The fourth-order valence-electron chi connectivity index (χ4n) is 3.08. The van der Waals surface area contributed by atoms with Crippen molar-refractivity contribution in [3.8, 4) is 0 Å². The summed E-state index contributed by atoms with van der Waals surface area (Å²) in [6.45, 7) is 5.46. The summed E-state index contributed by atoms with van der Waals surface area (Å²) < 4.78 is 65.8. The van der Waals surface area contributed by atoms with Crippen molar-refractivity contribution in [2.75, 3.05) is 0 Å². The number of aryl methyl sites for hydroxylation is 2. The van der Waals surface area contributed by atoms with Crippen molar-refractivity contribution in [1.82, 2.24) is 0 Å². The van der Waals surface area contributed by atoms with E-state index in [0.717, 1.165) is 11.1 Å². The van der Waals surface area contributed by atoms with Gasteiger partial charge in [0.05, 0.1) is 9.79 Å². The van der Waals surface area contributed by atoms with E-state index in [-0.39, 0.29) is 22.1 Å². The maximum absolute atomic E-state index is 11.7. The third kappa shape index (κ3) is 4.70. The molecule has 0 fully saturated rings. The molecule has 0 aromatic heterocycles. The Morgan fingerprint density at radius 3 is 1.85 bits per heavy atom. The highest BCUT2D eigenvalue weighted by Crippen LogP contribution is 2.32. The van der Waals surface area contributed by atoms with Gasteiger partial charge in [0.1, 0.15) is 0 Å². The van der Waals surface area contributed by atoms with Crippen LogP contribution in [0.3, 0.4) is 0 Å². The number of rotatable bonds is 6. The first-order valence-corrected chi connectivity index (χ1v) is 11.0. The molecule has 1 atom stereocenters. The third-order valence-corrected chi connectivity index (χ3v) is 6.22. The highest BCUT2D eigenvalue weighted by atomic mass is 32.2. The second kappa shape index (κ2) is 7.48. The second-order valence-electron chi connectivity index (χ2n) is 6.41. The van der Waals surface area contributed by atoms with Gasteiger partial charge in [0.15, 0.2) is 0 Å². The summed E-state index contributed by atoms with van der Waals surface area (Å²) in [5.41, 5.74) is 2.48. The zero-order chi connectivity index (χ0) is 19.7. The Bertz CT molecular complexity index is 1020. The molecule has 2 rings (SSSR count). The predicted molar refractivity (Wildman–Crippen MR) is 98.7 cm³/mol. The van der Waals surface area contributed by atoms with Crippen molar-refractivity contribution in [1.29, 1.82) is 0 Å². The van der Waals surface area contributed by atoms with E-state index in [9.17, 15) is 25.9 Å². The largest absolute Gasteiger partial charge is 0.294 e. The molecule has 0 heterocycles. The summed E-state index contributed by atoms with van der Waals surface area (Å²) in [6, 6.07) is 9.21. The van der Waals surface area contributed by atoms with E-state index in [2.05, 4.69) is 0 Å². The molecule has 2 N–H and O–H groups in total. The predicted octanol–water partition coefficient (Wildman–Crippen LogP) is 3.53. The molecular weight excluding hydrogens is 376 g/mol. The van der Waals surface area contributed by atoms with E-state index in [4.69, 9.17) is 0 Å².